The molecule has 2 aliphatic rings. The minimum atomic E-state index is 0. The van der Waals surface area contributed by atoms with E-state index in [2.05, 4.69) is 11.8 Å². The van der Waals surface area contributed by atoms with E-state index in [-0.39, 0.29) is 17.8 Å². The maximum absolute atomic E-state index is 12.6. The molecule has 0 aromatic rings. The number of halogens is 1. The van der Waals surface area contributed by atoms with Gasteiger partial charge in [-0.05, 0) is 50.0 Å². The summed E-state index contributed by atoms with van der Waals surface area (Å²) in [4.78, 5) is 14.8. The molecule has 1 saturated carbocycles. The third kappa shape index (κ3) is 5.14. The summed E-state index contributed by atoms with van der Waals surface area (Å²) in [6.45, 7) is 4.89. The summed E-state index contributed by atoms with van der Waals surface area (Å²) in [5.74, 6) is 1.19. The van der Waals surface area contributed by atoms with E-state index in [1.165, 1.54) is 44.9 Å². The topological polar surface area (TPSA) is 46.3 Å². The number of carbonyl (C=O) groups is 1. The number of rotatable bonds is 4. The second-order valence-corrected chi connectivity index (χ2v) is 7.03. The predicted molar refractivity (Wildman–Crippen MR) is 90.6 cm³/mol. The molecule has 0 spiro atoms. The van der Waals surface area contributed by atoms with Crippen LogP contribution in [0.25, 0.3) is 0 Å². The monoisotopic (exact) mass is 316 g/mol. The van der Waals surface area contributed by atoms with Crippen LogP contribution in [0.3, 0.4) is 0 Å². The molecule has 0 radical (unpaired) electrons. The van der Waals surface area contributed by atoms with Crippen LogP contribution in [0.5, 0.6) is 0 Å². The first-order valence-corrected chi connectivity index (χ1v) is 8.67. The molecule has 2 fully saturated rings. The maximum Gasteiger partial charge on any atom is 0.223 e. The average Bonchev–Trinajstić information content (AvgIpc) is 2.73. The Kier molecular flexibility index (Phi) is 8.04. The lowest BCUT2D eigenvalue weighted by atomic mass is 9.71. The predicted octanol–water partition coefficient (Wildman–Crippen LogP) is 3.75. The van der Waals surface area contributed by atoms with Crippen LogP contribution in [0.15, 0.2) is 0 Å². The highest BCUT2D eigenvalue weighted by Gasteiger charge is 2.34. The van der Waals surface area contributed by atoms with Gasteiger partial charge < -0.3 is 10.6 Å². The zero-order valence-electron chi connectivity index (χ0n) is 13.6. The van der Waals surface area contributed by atoms with Crippen LogP contribution in [0, 0.1) is 11.3 Å². The van der Waals surface area contributed by atoms with Crippen molar-refractivity contribution in [3.05, 3.63) is 0 Å². The highest BCUT2D eigenvalue weighted by molar-refractivity contribution is 5.85. The molecule has 1 aliphatic carbocycles. The summed E-state index contributed by atoms with van der Waals surface area (Å²) >= 11 is 0. The van der Waals surface area contributed by atoms with Crippen molar-refractivity contribution < 1.29 is 4.79 Å². The Labute approximate surface area is 136 Å². The van der Waals surface area contributed by atoms with E-state index >= 15 is 0 Å². The molecule has 3 nitrogen and oxygen atoms in total. The molecule has 2 N–H and O–H groups in total. The fourth-order valence-corrected chi connectivity index (χ4v) is 4.01. The lowest BCUT2D eigenvalue weighted by Crippen LogP contribution is -2.41. The smallest absolute Gasteiger partial charge is 0.223 e. The van der Waals surface area contributed by atoms with E-state index in [9.17, 15) is 4.79 Å². The molecule has 1 unspecified atom stereocenters. The summed E-state index contributed by atoms with van der Waals surface area (Å²) in [5, 5.41) is 0. The van der Waals surface area contributed by atoms with Crippen molar-refractivity contribution in [3.63, 3.8) is 0 Å². The molecular weight excluding hydrogens is 284 g/mol. The van der Waals surface area contributed by atoms with E-state index in [1.54, 1.807) is 0 Å². The Morgan fingerprint density at radius 2 is 1.86 bits per heavy atom. The largest absolute Gasteiger partial charge is 0.343 e. The number of likely N-dealkylation sites (tertiary alicyclic amines) is 1. The number of nitrogens with zero attached hydrogens (tertiary/aromatic N) is 1. The normalized spacial score (nSPS) is 25.8. The van der Waals surface area contributed by atoms with Gasteiger partial charge in [-0.3, -0.25) is 4.79 Å². The summed E-state index contributed by atoms with van der Waals surface area (Å²) in [5.41, 5.74) is 6.14. The van der Waals surface area contributed by atoms with Gasteiger partial charge in [0, 0.05) is 19.5 Å². The maximum atomic E-state index is 12.6. The standard InChI is InChI=1S/C17H32N2O.ClH/c1-2-15-7-6-11-19(12-8-15)16(20)13-17(14-18)9-4-3-5-10-17;/h15H,2-14,18H2,1H3;1H. The molecule has 1 saturated heterocycles. The Morgan fingerprint density at radius 1 is 1.14 bits per heavy atom. The van der Waals surface area contributed by atoms with Crippen LogP contribution in [0.2, 0.25) is 0 Å². The summed E-state index contributed by atoms with van der Waals surface area (Å²) in [6.07, 6.45) is 11.7. The lowest BCUT2D eigenvalue weighted by Gasteiger charge is -2.37. The number of amides is 1. The lowest BCUT2D eigenvalue weighted by molar-refractivity contribution is -0.134. The first-order chi connectivity index (χ1) is 9.69. The van der Waals surface area contributed by atoms with Gasteiger partial charge in [0.25, 0.3) is 0 Å². The van der Waals surface area contributed by atoms with Gasteiger partial charge in [-0.25, -0.2) is 0 Å². The molecule has 0 bridgehead atoms. The SMILES string of the molecule is CCC1CCCN(C(=O)CC2(CN)CCCCC2)CC1.Cl. The third-order valence-electron chi connectivity index (χ3n) is 5.65. The van der Waals surface area contributed by atoms with E-state index in [0.29, 0.717) is 18.9 Å². The van der Waals surface area contributed by atoms with Crippen LogP contribution in [0.4, 0.5) is 0 Å². The van der Waals surface area contributed by atoms with Crippen molar-refractivity contribution in [2.45, 2.75) is 71.1 Å². The van der Waals surface area contributed by atoms with E-state index in [4.69, 9.17) is 5.73 Å². The van der Waals surface area contributed by atoms with Crippen molar-refractivity contribution in [3.8, 4) is 0 Å². The Balaban J connectivity index is 0.00000220. The van der Waals surface area contributed by atoms with Crippen molar-refractivity contribution in [1.82, 2.24) is 4.90 Å². The van der Waals surface area contributed by atoms with Gasteiger partial charge in [0.1, 0.15) is 0 Å². The Morgan fingerprint density at radius 3 is 2.48 bits per heavy atom. The first-order valence-electron chi connectivity index (χ1n) is 8.67. The van der Waals surface area contributed by atoms with Crippen LogP contribution < -0.4 is 5.73 Å². The van der Waals surface area contributed by atoms with Gasteiger partial charge in [-0.1, -0.05) is 32.6 Å². The molecule has 124 valence electrons. The second kappa shape index (κ2) is 8.99. The van der Waals surface area contributed by atoms with Gasteiger partial charge in [-0.15, -0.1) is 12.4 Å². The number of carbonyl (C=O) groups excluding carboxylic acids is 1. The van der Waals surface area contributed by atoms with Crippen LogP contribution in [-0.4, -0.2) is 30.4 Å². The van der Waals surface area contributed by atoms with Crippen LogP contribution >= 0.6 is 12.4 Å². The van der Waals surface area contributed by atoms with Crippen molar-refractivity contribution >= 4 is 18.3 Å². The fraction of sp³-hybridized carbons (Fsp3) is 0.941. The Hall–Kier alpha value is -0.280. The number of nitrogens with two attached hydrogens (primary N) is 1. The van der Waals surface area contributed by atoms with Crippen molar-refractivity contribution in [1.29, 1.82) is 0 Å². The molecule has 1 aliphatic heterocycles. The highest BCUT2D eigenvalue weighted by atomic mass is 35.5. The second-order valence-electron chi connectivity index (χ2n) is 7.03. The molecule has 1 heterocycles. The van der Waals surface area contributed by atoms with Crippen molar-refractivity contribution in [2.24, 2.45) is 17.1 Å². The van der Waals surface area contributed by atoms with Gasteiger partial charge in [-0.2, -0.15) is 0 Å². The highest BCUT2D eigenvalue weighted by Crippen LogP contribution is 2.39. The molecule has 0 aromatic heterocycles. The van der Waals surface area contributed by atoms with Crippen LogP contribution in [0.1, 0.15) is 71.1 Å². The Bertz CT molecular complexity index is 316. The molecule has 1 amide bonds. The minimum absolute atomic E-state index is 0. The summed E-state index contributed by atoms with van der Waals surface area (Å²) in [6, 6.07) is 0. The molecular formula is C17H33ClN2O. The van der Waals surface area contributed by atoms with Gasteiger partial charge in [0.15, 0.2) is 0 Å². The molecule has 21 heavy (non-hydrogen) atoms. The van der Waals surface area contributed by atoms with Gasteiger partial charge >= 0.3 is 0 Å². The molecule has 1 atom stereocenters. The molecule has 2 rings (SSSR count). The fourth-order valence-electron chi connectivity index (χ4n) is 4.01. The van der Waals surface area contributed by atoms with Gasteiger partial charge in [0.05, 0.1) is 0 Å². The molecule has 0 aromatic carbocycles. The number of hydrogen-bond donors (Lipinski definition) is 1. The van der Waals surface area contributed by atoms with Crippen LogP contribution in [-0.2, 0) is 4.79 Å². The zero-order valence-corrected chi connectivity index (χ0v) is 14.4. The summed E-state index contributed by atoms with van der Waals surface area (Å²) < 4.78 is 0. The number of hydrogen-bond acceptors (Lipinski definition) is 2. The quantitative estimate of drug-likeness (QED) is 0.858. The zero-order chi connectivity index (χ0) is 14.4. The minimum Gasteiger partial charge on any atom is -0.343 e. The first kappa shape index (κ1) is 18.8. The average molecular weight is 317 g/mol. The van der Waals surface area contributed by atoms with E-state index in [1.807, 2.05) is 0 Å². The van der Waals surface area contributed by atoms with Crippen molar-refractivity contribution in [2.75, 3.05) is 19.6 Å². The third-order valence-corrected chi connectivity index (χ3v) is 5.65. The van der Waals surface area contributed by atoms with Gasteiger partial charge in [0.2, 0.25) is 5.91 Å². The summed E-state index contributed by atoms with van der Waals surface area (Å²) in [7, 11) is 0. The molecule has 4 heteroatoms. The van der Waals surface area contributed by atoms with E-state index in [0.717, 1.165) is 31.8 Å². The van der Waals surface area contributed by atoms with E-state index < -0.39 is 0 Å².